The number of methoxy groups -OCH3 is 1. The van der Waals surface area contributed by atoms with E-state index in [0.717, 1.165) is 22.6 Å². The fraction of sp³-hybridized carbons (Fsp3) is 0.160. The van der Waals surface area contributed by atoms with Gasteiger partial charge >= 0.3 is 0 Å². The predicted octanol–water partition coefficient (Wildman–Crippen LogP) is 5.45. The molecule has 0 heterocycles. The molecule has 3 nitrogen and oxygen atoms in total. The highest BCUT2D eigenvalue weighted by Crippen LogP contribution is 2.21. The largest absolute Gasteiger partial charge is 0.497 e. The Hall–Kier alpha value is -2.98. The van der Waals surface area contributed by atoms with Gasteiger partial charge in [0, 0.05) is 22.8 Å². The van der Waals surface area contributed by atoms with Crippen molar-refractivity contribution in [2.45, 2.75) is 11.8 Å². The van der Waals surface area contributed by atoms with Crippen LogP contribution in [0.3, 0.4) is 0 Å². The van der Waals surface area contributed by atoms with Gasteiger partial charge in [-0.1, -0.05) is 60.2 Å². The summed E-state index contributed by atoms with van der Waals surface area (Å²) in [6, 6.07) is 25.9. The lowest BCUT2D eigenvalue weighted by Crippen LogP contribution is -2.26. The lowest BCUT2D eigenvalue weighted by molar-refractivity contribution is -0.115. The van der Waals surface area contributed by atoms with Crippen LogP contribution in [0.25, 0.3) is 11.6 Å². The first kappa shape index (κ1) is 20.7. The van der Waals surface area contributed by atoms with Gasteiger partial charge in [0.05, 0.1) is 7.11 Å². The number of amides is 1. The van der Waals surface area contributed by atoms with Crippen molar-refractivity contribution in [3.63, 3.8) is 0 Å². The highest BCUT2D eigenvalue weighted by atomic mass is 32.2. The molecule has 3 aromatic rings. The summed E-state index contributed by atoms with van der Waals surface area (Å²) < 4.78 is 5.21. The Morgan fingerprint density at radius 3 is 2.31 bits per heavy atom. The van der Waals surface area contributed by atoms with Crippen LogP contribution < -0.4 is 10.1 Å². The molecule has 4 heteroatoms. The third-order valence-electron chi connectivity index (χ3n) is 4.43. The number of aryl methyl sites for hydroxylation is 1. The molecule has 3 aromatic carbocycles. The maximum absolute atomic E-state index is 12.9. The minimum atomic E-state index is -0.0727. The molecule has 0 bridgehead atoms. The molecule has 0 fully saturated rings. The maximum Gasteiger partial charge on any atom is 0.251 e. The van der Waals surface area contributed by atoms with Crippen LogP contribution in [-0.2, 0) is 4.79 Å². The Morgan fingerprint density at radius 1 is 0.966 bits per heavy atom. The maximum atomic E-state index is 12.9. The monoisotopic (exact) mass is 403 g/mol. The molecule has 0 unspecified atom stereocenters. The van der Waals surface area contributed by atoms with Gasteiger partial charge in [0.2, 0.25) is 0 Å². The van der Waals surface area contributed by atoms with E-state index >= 15 is 0 Å². The van der Waals surface area contributed by atoms with Gasteiger partial charge in [0.1, 0.15) is 5.75 Å². The number of carbonyl (C=O) groups is 1. The van der Waals surface area contributed by atoms with Crippen molar-refractivity contribution in [2.24, 2.45) is 0 Å². The van der Waals surface area contributed by atoms with Gasteiger partial charge in [0.25, 0.3) is 5.91 Å². The van der Waals surface area contributed by atoms with E-state index in [1.54, 1.807) is 18.9 Å². The summed E-state index contributed by atoms with van der Waals surface area (Å²) in [6.45, 7) is 2.68. The standard InChI is InChI=1S/C25H25NO2S/c1-19-8-14-23(15-9-19)29-17-16-26-25(27)24(21-6-4-3-5-7-21)18-20-10-12-22(28-2)13-11-20/h3-15,18H,16-17H2,1-2H3,(H,26,27)/b24-18+. The summed E-state index contributed by atoms with van der Waals surface area (Å²) in [7, 11) is 1.64. The number of rotatable bonds is 8. The number of hydrogen-bond donors (Lipinski definition) is 1. The molecular weight excluding hydrogens is 378 g/mol. The summed E-state index contributed by atoms with van der Waals surface area (Å²) >= 11 is 1.74. The minimum Gasteiger partial charge on any atom is -0.497 e. The third kappa shape index (κ3) is 6.26. The first-order valence-electron chi connectivity index (χ1n) is 9.54. The molecule has 0 saturated heterocycles. The third-order valence-corrected chi connectivity index (χ3v) is 5.45. The molecule has 0 spiro atoms. The second kappa shape index (κ2) is 10.5. The van der Waals surface area contributed by atoms with Crippen LogP contribution in [0.15, 0.2) is 83.8 Å². The molecule has 1 N–H and O–H groups in total. The van der Waals surface area contributed by atoms with Crippen LogP contribution in [0.5, 0.6) is 5.75 Å². The van der Waals surface area contributed by atoms with Gasteiger partial charge in [0.15, 0.2) is 0 Å². The van der Waals surface area contributed by atoms with Gasteiger partial charge in [-0.2, -0.15) is 0 Å². The molecule has 0 saturated carbocycles. The van der Waals surface area contributed by atoms with Crippen LogP contribution in [0.1, 0.15) is 16.7 Å². The molecular formula is C25H25NO2S. The van der Waals surface area contributed by atoms with E-state index < -0.39 is 0 Å². The minimum absolute atomic E-state index is 0.0727. The van der Waals surface area contributed by atoms with Crippen molar-refractivity contribution in [1.29, 1.82) is 0 Å². The summed E-state index contributed by atoms with van der Waals surface area (Å²) in [5, 5.41) is 3.05. The van der Waals surface area contributed by atoms with E-state index in [4.69, 9.17) is 4.74 Å². The number of hydrogen-bond acceptors (Lipinski definition) is 3. The first-order chi connectivity index (χ1) is 14.2. The van der Waals surface area contributed by atoms with Crippen molar-refractivity contribution >= 4 is 29.3 Å². The second-order valence-corrected chi connectivity index (χ2v) is 7.78. The van der Waals surface area contributed by atoms with E-state index in [1.807, 2.05) is 60.7 Å². The van der Waals surface area contributed by atoms with E-state index in [1.165, 1.54) is 10.5 Å². The quantitative estimate of drug-likeness (QED) is 0.235. The summed E-state index contributed by atoms with van der Waals surface area (Å²) in [5.74, 6) is 1.54. The van der Waals surface area contributed by atoms with Crippen LogP contribution in [-0.4, -0.2) is 25.3 Å². The number of thioether (sulfide) groups is 1. The first-order valence-corrected chi connectivity index (χ1v) is 10.5. The number of ether oxygens (including phenoxy) is 1. The van der Waals surface area contributed by atoms with Crippen LogP contribution in [0, 0.1) is 6.92 Å². The SMILES string of the molecule is COc1ccc(/C=C(/C(=O)NCCSc2ccc(C)cc2)c2ccccc2)cc1. The molecule has 148 valence electrons. The van der Waals surface area contributed by atoms with Gasteiger partial charge in [-0.05, 0) is 48.4 Å². The normalized spacial score (nSPS) is 11.2. The van der Waals surface area contributed by atoms with Crippen LogP contribution >= 0.6 is 11.8 Å². The van der Waals surface area contributed by atoms with Crippen LogP contribution in [0.2, 0.25) is 0 Å². The van der Waals surface area contributed by atoms with Gasteiger partial charge < -0.3 is 10.1 Å². The van der Waals surface area contributed by atoms with Crippen molar-refractivity contribution in [3.05, 3.63) is 95.6 Å². The molecule has 1 amide bonds. The highest BCUT2D eigenvalue weighted by molar-refractivity contribution is 7.99. The zero-order chi connectivity index (χ0) is 20.5. The fourth-order valence-electron chi connectivity index (χ4n) is 2.83. The summed E-state index contributed by atoms with van der Waals surface area (Å²) in [4.78, 5) is 14.1. The Kier molecular flexibility index (Phi) is 7.54. The van der Waals surface area contributed by atoms with Gasteiger partial charge in [-0.15, -0.1) is 11.8 Å². The van der Waals surface area contributed by atoms with Crippen molar-refractivity contribution in [2.75, 3.05) is 19.4 Å². The molecule has 0 radical (unpaired) electrons. The second-order valence-electron chi connectivity index (χ2n) is 6.61. The molecule has 0 aliphatic heterocycles. The van der Waals surface area contributed by atoms with E-state index in [9.17, 15) is 4.79 Å². The Labute approximate surface area is 176 Å². The molecule has 0 aliphatic rings. The summed E-state index contributed by atoms with van der Waals surface area (Å²) in [5.41, 5.74) is 3.75. The molecule has 29 heavy (non-hydrogen) atoms. The smallest absolute Gasteiger partial charge is 0.251 e. The molecule has 0 atom stereocenters. The number of benzene rings is 3. The topological polar surface area (TPSA) is 38.3 Å². The zero-order valence-electron chi connectivity index (χ0n) is 16.7. The fourth-order valence-corrected chi connectivity index (χ4v) is 3.60. The summed E-state index contributed by atoms with van der Waals surface area (Å²) in [6.07, 6.45) is 1.91. The van der Waals surface area contributed by atoms with Gasteiger partial charge in [-0.3, -0.25) is 4.79 Å². The molecule has 3 rings (SSSR count). The van der Waals surface area contributed by atoms with Crippen molar-refractivity contribution in [3.8, 4) is 5.75 Å². The number of carbonyl (C=O) groups excluding carboxylic acids is 1. The van der Waals surface area contributed by atoms with Crippen molar-refractivity contribution < 1.29 is 9.53 Å². The Balaban J connectivity index is 1.67. The molecule has 0 aromatic heterocycles. The Bertz CT molecular complexity index is 948. The van der Waals surface area contributed by atoms with E-state index in [0.29, 0.717) is 12.1 Å². The number of nitrogens with one attached hydrogen (secondary N) is 1. The average Bonchev–Trinajstić information content (AvgIpc) is 2.77. The van der Waals surface area contributed by atoms with Crippen molar-refractivity contribution in [1.82, 2.24) is 5.32 Å². The van der Waals surface area contributed by atoms with E-state index in [2.05, 4.69) is 36.5 Å². The predicted molar refractivity (Wildman–Crippen MR) is 122 cm³/mol. The molecule has 0 aliphatic carbocycles. The van der Waals surface area contributed by atoms with Gasteiger partial charge in [-0.25, -0.2) is 0 Å². The lowest BCUT2D eigenvalue weighted by atomic mass is 10.0. The average molecular weight is 404 g/mol. The zero-order valence-corrected chi connectivity index (χ0v) is 17.5. The highest BCUT2D eigenvalue weighted by Gasteiger charge is 2.11. The Morgan fingerprint density at radius 2 is 1.66 bits per heavy atom. The van der Waals surface area contributed by atoms with Crippen LogP contribution in [0.4, 0.5) is 0 Å². The van der Waals surface area contributed by atoms with E-state index in [-0.39, 0.29) is 5.91 Å². The lowest BCUT2D eigenvalue weighted by Gasteiger charge is -2.10.